The Morgan fingerprint density at radius 1 is 1.20 bits per heavy atom. The van der Waals surface area contributed by atoms with E-state index in [1.54, 1.807) is 18.2 Å². The number of halogens is 3. The molecule has 0 aliphatic carbocycles. The van der Waals surface area contributed by atoms with Gasteiger partial charge >= 0.3 is 0 Å². The van der Waals surface area contributed by atoms with Crippen molar-refractivity contribution in [2.45, 2.75) is 4.90 Å². The number of rotatable bonds is 4. The average molecular weight is 292 g/mol. The lowest BCUT2D eigenvalue weighted by Crippen LogP contribution is -2.23. The average Bonchev–Trinajstić information content (AvgIpc) is 2.18. The molecule has 86 valence electrons. The van der Waals surface area contributed by atoms with Gasteiger partial charge < -0.3 is 0 Å². The molecule has 0 saturated carbocycles. The monoisotopic (exact) mass is 291 g/mol. The van der Waals surface area contributed by atoms with E-state index >= 15 is 0 Å². The van der Waals surface area contributed by atoms with Gasteiger partial charge in [0.2, 0.25) is 10.0 Å². The molecule has 0 heterocycles. The van der Waals surface area contributed by atoms with Crippen molar-refractivity contribution >= 4 is 40.0 Å². The second-order valence-electron chi connectivity index (χ2n) is 2.58. The number of hydrogen-bond donors (Lipinski definition) is 1. The van der Waals surface area contributed by atoms with Crippen LogP contribution in [0.4, 0.5) is 4.39 Å². The fourth-order valence-corrected chi connectivity index (χ4v) is 4.69. The Labute approximate surface area is 98.1 Å². The lowest BCUT2D eigenvalue weighted by atomic mass is 10.4. The van der Waals surface area contributed by atoms with Gasteiger partial charge in [-0.3, -0.25) is 0 Å². The Balaban J connectivity index is 2.96. The zero-order valence-corrected chi connectivity index (χ0v) is 10.5. The molecule has 0 aliphatic rings. The third-order valence-corrected chi connectivity index (χ3v) is 6.07. The van der Waals surface area contributed by atoms with E-state index in [0.29, 0.717) is 0 Å². The Morgan fingerprint density at radius 3 is 2.20 bits per heavy atom. The minimum Gasteiger partial charge on any atom is -0.237 e. The summed E-state index contributed by atoms with van der Waals surface area (Å²) in [5, 5.41) is 0. The van der Waals surface area contributed by atoms with E-state index in [9.17, 15) is 12.8 Å². The van der Waals surface area contributed by atoms with Crippen LogP contribution in [0.2, 0.25) is 0 Å². The Morgan fingerprint density at radius 2 is 1.73 bits per heavy atom. The van der Waals surface area contributed by atoms with Gasteiger partial charge in [-0.1, -0.05) is 18.2 Å². The van der Waals surface area contributed by atoms with Gasteiger partial charge in [-0.05, 0) is 33.5 Å². The Bertz CT molecular complexity index is 424. The third kappa shape index (κ3) is 3.81. The highest BCUT2D eigenvalue weighted by Crippen LogP contribution is 2.55. The van der Waals surface area contributed by atoms with Crippen molar-refractivity contribution in [2.24, 2.45) is 0 Å². The lowest BCUT2D eigenvalue weighted by Gasteiger charge is -2.21. The van der Waals surface area contributed by atoms with Crippen LogP contribution in [-0.2, 0) is 10.0 Å². The summed E-state index contributed by atoms with van der Waals surface area (Å²) >= 11 is 0. The molecule has 15 heavy (non-hydrogen) atoms. The van der Waals surface area contributed by atoms with Gasteiger partial charge in [0.05, 0.1) is 4.90 Å². The van der Waals surface area contributed by atoms with E-state index in [0.717, 1.165) is 0 Å². The molecule has 0 aromatic heterocycles. The second-order valence-corrected chi connectivity index (χ2v) is 9.73. The topological polar surface area (TPSA) is 46.2 Å². The summed E-state index contributed by atoms with van der Waals surface area (Å²) in [7, 11) is 4.04. The lowest BCUT2D eigenvalue weighted by molar-refractivity contribution is 0.589. The SMILES string of the molecule is O=S(=O)(NS(Cl)(Cl)CF)c1ccccc1. The van der Waals surface area contributed by atoms with Crippen molar-refractivity contribution in [3.05, 3.63) is 30.3 Å². The van der Waals surface area contributed by atoms with Gasteiger partial charge in [0.25, 0.3) is 0 Å². The molecular weight excluding hydrogens is 284 g/mol. The first-order valence-electron chi connectivity index (χ1n) is 3.72. The minimum absolute atomic E-state index is 0.00312. The van der Waals surface area contributed by atoms with E-state index < -0.39 is 24.7 Å². The molecule has 3 nitrogen and oxygen atoms in total. The molecule has 0 saturated heterocycles. The van der Waals surface area contributed by atoms with Crippen LogP contribution < -0.4 is 4.13 Å². The standard InChI is InChI=1S/C7H8Cl2FNO2S2/c8-14(9,6-10)11-15(12,13)7-4-2-1-3-5-7/h1-5,11H,6H2. The van der Waals surface area contributed by atoms with Crippen molar-refractivity contribution < 1.29 is 12.8 Å². The number of nitrogens with one attached hydrogen (secondary N) is 1. The largest absolute Gasteiger partial charge is 0.250 e. The number of hydrogen-bond acceptors (Lipinski definition) is 2. The van der Waals surface area contributed by atoms with E-state index in [2.05, 4.69) is 0 Å². The molecule has 0 radical (unpaired) electrons. The molecule has 0 aliphatic heterocycles. The fourth-order valence-electron chi connectivity index (χ4n) is 0.831. The Hall–Kier alpha value is -0.0100. The molecule has 1 aromatic rings. The summed E-state index contributed by atoms with van der Waals surface area (Å²) < 4.78 is 37.3. The van der Waals surface area contributed by atoms with Gasteiger partial charge in [-0.2, -0.15) is 0 Å². The summed E-state index contributed by atoms with van der Waals surface area (Å²) in [5.74, 6) is 0. The number of alkyl halides is 1. The predicted octanol–water partition coefficient (Wildman–Crippen LogP) is 2.92. The van der Waals surface area contributed by atoms with Gasteiger partial charge in [0.15, 0.2) is 6.01 Å². The van der Waals surface area contributed by atoms with Gasteiger partial charge in [-0.25, -0.2) is 12.8 Å². The smallest absolute Gasteiger partial charge is 0.237 e. The van der Waals surface area contributed by atoms with Gasteiger partial charge in [0, 0.05) is 8.64 Å². The second kappa shape index (κ2) is 4.88. The number of benzene rings is 1. The van der Waals surface area contributed by atoms with Gasteiger partial charge in [-0.15, -0.1) is 4.13 Å². The molecule has 1 aromatic carbocycles. The van der Waals surface area contributed by atoms with Crippen LogP contribution in [0, 0.1) is 0 Å². The molecule has 0 unspecified atom stereocenters. The molecule has 1 N–H and O–H groups in total. The van der Waals surface area contributed by atoms with Crippen molar-refractivity contribution in [3.8, 4) is 0 Å². The molecule has 1 rings (SSSR count). The summed E-state index contributed by atoms with van der Waals surface area (Å²) in [5.41, 5.74) is 0. The summed E-state index contributed by atoms with van der Waals surface area (Å²) in [6, 6.07) is 6.35. The molecule has 0 bridgehead atoms. The summed E-state index contributed by atoms with van der Waals surface area (Å²) in [4.78, 5) is -0.00312. The maximum atomic E-state index is 12.3. The first kappa shape index (κ1) is 13.1. The zero-order chi connectivity index (χ0) is 11.5. The highest BCUT2D eigenvalue weighted by molar-refractivity contribution is 8.66. The number of sulfonamides is 1. The van der Waals surface area contributed by atoms with Crippen LogP contribution in [-0.4, -0.2) is 14.4 Å². The maximum absolute atomic E-state index is 12.3. The van der Waals surface area contributed by atoms with Crippen molar-refractivity contribution in [1.82, 2.24) is 4.13 Å². The molecule has 0 spiro atoms. The van der Waals surface area contributed by atoms with E-state index in [1.165, 1.54) is 12.1 Å². The van der Waals surface area contributed by atoms with E-state index in [4.69, 9.17) is 21.4 Å². The molecule has 8 heteroatoms. The van der Waals surface area contributed by atoms with Crippen LogP contribution in [0.3, 0.4) is 0 Å². The zero-order valence-electron chi connectivity index (χ0n) is 7.36. The quantitative estimate of drug-likeness (QED) is 0.927. The maximum Gasteiger partial charge on any atom is 0.250 e. The minimum atomic E-state index is -3.85. The van der Waals surface area contributed by atoms with Crippen LogP contribution >= 0.6 is 30.0 Å². The first-order valence-corrected chi connectivity index (χ1v) is 8.66. The predicted molar refractivity (Wildman–Crippen MR) is 62.0 cm³/mol. The molecule has 0 atom stereocenters. The molecule has 0 fully saturated rings. The third-order valence-electron chi connectivity index (χ3n) is 1.42. The highest BCUT2D eigenvalue weighted by Gasteiger charge is 2.26. The van der Waals surface area contributed by atoms with Crippen molar-refractivity contribution in [3.63, 3.8) is 0 Å². The van der Waals surface area contributed by atoms with Crippen LogP contribution in [0.25, 0.3) is 0 Å². The highest BCUT2D eigenvalue weighted by atomic mass is 36.0. The summed E-state index contributed by atoms with van der Waals surface area (Å²) in [6.45, 7) is 0. The first-order chi connectivity index (χ1) is 6.87. The van der Waals surface area contributed by atoms with Crippen LogP contribution in [0.1, 0.15) is 0 Å². The normalized spacial score (nSPS) is 13.8. The van der Waals surface area contributed by atoms with E-state index in [-0.39, 0.29) is 4.90 Å². The Kier molecular flexibility index (Phi) is 4.25. The molecular formula is C7H8Cl2FNO2S2. The molecule has 0 amide bonds. The van der Waals surface area contributed by atoms with Gasteiger partial charge in [0.1, 0.15) is 0 Å². The van der Waals surface area contributed by atoms with Crippen LogP contribution in [0.5, 0.6) is 0 Å². The van der Waals surface area contributed by atoms with Crippen molar-refractivity contribution in [2.75, 3.05) is 6.01 Å². The van der Waals surface area contributed by atoms with Crippen LogP contribution in [0.15, 0.2) is 35.2 Å². The van der Waals surface area contributed by atoms with E-state index in [1.807, 2.05) is 4.13 Å². The fraction of sp³-hybridized carbons (Fsp3) is 0.143. The summed E-state index contributed by atoms with van der Waals surface area (Å²) in [6.07, 6.45) is 0. The van der Waals surface area contributed by atoms with Crippen molar-refractivity contribution in [1.29, 1.82) is 0 Å².